The Morgan fingerprint density at radius 3 is 1.77 bits per heavy atom. The standard InChI is InChI=1S/C40H28F2N6/c1-47-24-28(23-45-47)38-32-22-27(20-21-36(32)43-26-44-38)33-25-48(46-39(33)37-34(41)18-11-19-35(37)42)40(29-12-5-2-6-13-29,30-14-7-3-8-15-30)31-16-9-4-10-17-31/h2-26H,1H3. The van der Waals surface area contributed by atoms with E-state index in [2.05, 4.69) is 51.5 Å². The Morgan fingerprint density at radius 1 is 0.604 bits per heavy atom. The van der Waals surface area contributed by atoms with E-state index in [0.717, 1.165) is 33.2 Å². The van der Waals surface area contributed by atoms with E-state index in [9.17, 15) is 0 Å². The maximum absolute atomic E-state index is 15.7. The van der Waals surface area contributed by atoms with Crippen LogP contribution in [-0.2, 0) is 12.6 Å². The Morgan fingerprint density at radius 2 is 1.21 bits per heavy atom. The summed E-state index contributed by atoms with van der Waals surface area (Å²) < 4.78 is 35.0. The normalized spacial score (nSPS) is 11.6. The minimum Gasteiger partial charge on any atom is -0.275 e. The number of hydrogen-bond donors (Lipinski definition) is 0. The van der Waals surface area contributed by atoms with Crippen molar-refractivity contribution >= 4 is 10.9 Å². The zero-order valence-corrected chi connectivity index (χ0v) is 25.9. The summed E-state index contributed by atoms with van der Waals surface area (Å²) in [5.74, 6) is -1.40. The van der Waals surface area contributed by atoms with Crippen molar-refractivity contribution in [2.75, 3.05) is 0 Å². The SMILES string of the molecule is Cn1cc(-c2ncnc3ccc(-c4cn(C(c5ccccc5)(c5ccccc5)c5ccccc5)nc4-c4c(F)cccc4F)cc23)cn1. The zero-order valence-electron chi connectivity index (χ0n) is 25.9. The van der Waals surface area contributed by atoms with E-state index in [4.69, 9.17) is 5.10 Å². The Balaban J connectivity index is 1.47. The molecule has 3 aromatic heterocycles. The van der Waals surface area contributed by atoms with Crippen LogP contribution in [0.15, 0.2) is 152 Å². The van der Waals surface area contributed by atoms with Crippen LogP contribution in [0.3, 0.4) is 0 Å². The molecule has 0 aliphatic carbocycles. The molecular formula is C40H28F2N6. The van der Waals surface area contributed by atoms with Gasteiger partial charge in [0.25, 0.3) is 0 Å². The van der Waals surface area contributed by atoms with Crippen molar-refractivity contribution in [1.82, 2.24) is 29.5 Å². The molecular weight excluding hydrogens is 602 g/mol. The maximum atomic E-state index is 15.7. The van der Waals surface area contributed by atoms with Gasteiger partial charge in [-0.1, -0.05) is 103 Å². The summed E-state index contributed by atoms with van der Waals surface area (Å²) in [4.78, 5) is 9.09. The van der Waals surface area contributed by atoms with Crippen LogP contribution in [0.4, 0.5) is 8.78 Å². The smallest absolute Gasteiger partial charge is 0.138 e. The van der Waals surface area contributed by atoms with E-state index in [0.29, 0.717) is 16.8 Å². The Hall–Kier alpha value is -6.28. The molecule has 0 atom stereocenters. The summed E-state index contributed by atoms with van der Waals surface area (Å²) in [6, 6.07) is 39.8. The number of benzene rings is 5. The molecule has 0 aliphatic rings. The second-order valence-electron chi connectivity index (χ2n) is 11.6. The molecule has 0 unspecified atom stereocenters. The Bertz CT molecular complexity index is 2270. The van der Waals surface area contributed by atoms with Gasteiger partial charge in [0.15, 0.2) is 0 Å². The molecule has 3 heterocycles. The highest BCUT2D eigenvalue weighted by Gasteiger charge is 2.40. The van der Waals surface area contributed by atoms with E-state index in [-0.39, 0.29) is 11.3 Å². The van der Waals surface area contributed by atoms with Gasteiger partial charge in [0, 0.05) is 36.0 Å². The zero-order chi connectivity index (χ0) is 32.7. The van der Waals surface area contributed by atoms with Crippen molar-refractivity contribution in [3.63, 3.8) is 0 Å². The van der Waals surface area contributed by atoms with Crippen LogP contribution in [0.25, 0.3) is 44.5 Å². The molecule has 0 N–H and O–H groups in total. The molecule has 8 rings (SSSR count). The molecule has 232 valence electrons. The number of fused-ring (bicyclic) bond motifs is 1. The van der Waals surface area contributed by atoms with Gasteiger partial charge in [0.1, 0.15) is 29.2 Å². The van der Waals surface area contributed by atoms with Gasteiger partial charge in [0.05, 0.1) is 23.0 Å². The Labute approximate surface area is 275 Å². The van der Waals surface area contributed by atoms with E-state index >= 15 is 8.78 Å². The first-order valence-corrected chi connectivity index (χ1v) is 15.5. The molecule has 0 aliphatic heterocycles. The van der Waals surface area contributed by atoms with E-state index in [1.807, 2.05) is 96.9 Å². The summed E-state index contributed by atoms with van der Waals surface area (Å²) in [5, 5.41) is 10.2. The fourth-order valence-electron chi connectivity index (χ4n) is 6.60. The number of aryl methyl sites for hydroxylation is 1. The molecule has 8 aromatic rings. The lowest BCUT2D eigenvalue weighted by molar-refractivity contribution is 0.460. The first-order valence-electron chi connectivity index (χ1n) is 15.5. The van der Waals surface area contributed by atoms with E-state index in [1.54, 1.807) is 10.9 Å². The molecule has 0 radical (unpaired) electrons. The first kappa shape index (κ1) is 29.1. The van der Waals surface area contributed by atoms with Crippen LogP contribution >= 0.6 is 0 Å². The molecule has 48 heavy (non-hydrogen) atoms. The lowest BCUT2D eigenvalue weighted by atomic mass is 9.77. The summed E-state index contributed by atoms with van der Waals surface area (Å²) in [5.41, 5.74) is 5.28. The highest BCUT2D eigenvalue weighted by atomic mass is 19.1. The molecule has 5 aromatic carbocycles. The predicted molar refractivity (Wildman–Crippen MR) is 183 cm³/mol. The third kappa shape index (κ3) is 4.77. The molecule has 0 saturated heterocycles. The number of hydrogen-bond acceptors (Lipinski definition) is 4. The van der Waals surface area contributed by atoms with Crippen molar-refractivity contribution in [3.8, 4) is 33.6 Å². The highest BCUT2D eigenvalue weighted by Crippen LogP contribution is 2.44. The lowest BCUT2D eigenvalue weighted by Gasteiger charge is -2.36. The van der Waals surface area contributed by atoms with Crippen LogP contribution in [0.2, 0.25) is 0 Å². The molecule has 6 nitrogen and oxygen atoms in total. The van der Waals surface area contributed by atoms with Crippen LogP contribution in [0.1, 0.15) is 16.7 Å². The second kappa shape index (κ2) is 11.8. The molecule has 0 amide bonds. The number of halogens is 2. The molecule has 0 fully saturated rings. The summed E-state index contributed by atoms with van der Waals surface area (Å²) in [6.07, 6.45) is 7.06. The van der Waals surface area contributed by atoms with Gasteiger partial charge in [-0.3, -0.25) is 9.36 Å². The van der Waals surface area contributed by atoms with Gasteiger partial charge in [-0.2, -0.15) is 10.2 Å². The molecule has 0 saturated carbocycles. The van der Waals surface area contributed by atoms with Crippen molar-refractivity contribution in [3.05, 3.63) is 181 Å². The van der Waals surface area contributed by atoms with Gasteiger partial charge >= 0.3 is 0 Å². The highest BCUT2D eigenvalue weighted by molar-refractivity contribution is 5.96. The quantitative estimate of drug-likeness (QED) is 0.165. The average Bonchev–Trinajstić information content (AvgIpc) is 3.76. The molecule has 8 heteroatoms. The summed E-state index contributed by atoms with van der Waals surface area (Å²) in [7, 11) is 1.85. The van der Waals surface area contributed by atoms with E-state index in [1.165, 1.54) is 24.5 Å². The third-order valence-electron chi connectivity index (χ3n) is 8.76. The van der Waals surface area contributed by atoms with E-state index < -0.39 is 17.2 Å². The monoisotopic (exact) mass is 630 g/mol. The largest absolute Gasteiger partial charge is 0.275 e. The average molecular weight is 631 g/mol. The maximum Gasteiger partial charge on any atom is 0.138 e. The fourth-order valence-corrected chi connectivity index (χ4v) is 6.60. The fraction of sp³-hybridized carbons (Fsp3) is 0.0500. The molecule has 0 bridgehead atoms. The number of rotatable bonds is 7. The van der Waals surface area contributed by atoms with Gasteiger partial charge in [-0.15, -0.1) is 0 Å². The lowest BCUT2D eigenvalue weighted by Crippen LogP contribution is -2.38. The minimum atomic E-state index is -1.00. The van der Waals surface area contributed by atoms with Gasteiger partial charge in [-0.25, -0.2) is 18.7 Å². The van der Waals surface area contributed by atoms with Gasteiger partial charge < -0.3 is 0 Å². The van der Waals surface area contributed by atoms with Crippen LogP contribution < -0.4 is 0 Å². The molecule has 0 spiro atoms. The summed E-state index contributed by atoms with van der Waals surface area (Å²) in [6.45, 7) is 0. The van der Waals surface area contributed by atoms with Crippen molar-refractivity contribution in [2.45, 2.75) is 5.54 Å². The third-order valence-corrected chi connectivity index (χ3v) is 8.76. The predicted octanol–water partition coefficient (Wildman–Crippen LogP) is 8.68. The van der Waals surface area contributed by atoms with Crippen LogP contribution in [-0.4, -0.2) is 29.5 Å². The van der Waals surface area contributed by atoms with Crippen molar-refractivity contribution < 1.29 is 8.78 Å². The van der Waals surface area contributed by atoms with Gasteiger partial charge in [-0.05, 0) is 46.5 Å². The topological polar surface area (TPSA) is 61.4 Å². The van der Waals surface area contributed by atoms with Crippen molar-refractivity contribution in [2.24, 2.45) is 7.05 Å². The Kier molecular flexibility index (Phi) is 7.18. The number of aromatic nitrogens is 6. The van der Waals surface area contributed by atoms with Crippen LogP contribution in [0, 0.1) is 11.6 Å². The number of nitrogens with zero attached hydrogens (tertiary/aromatic N) is 6. The minimum absolute atomic E-state index is 0.178. The summed E-state index contributed by atoms with van der Waals surface area (Å²) >= 11 is 0. The first-order chi connectivity index (χ1) is 23.5. The van der Waals surface area contributed by atoms with Gasteiger partial charge in [0.2, 0.25) is 0 Å². The van der Waals surface area contributed by atoms with Crippen molar-refractivity contribution in [1.29, 1.82) is 0 Å². The second-order valence-corrected chi connectivity index (χ2v) is 11.6. The van der Waals surface area contributed by atoms with Crippen LogP contribution in [0.5, 0.6) is 0 Å².